The van der Waals surface area contributed by atoms with Crippen molar-refractivity contribution in [3.63, 3.8) is 0 Å². The highest BCUT2D eigenvalue weighted by Crippen LogP contribution is 2.57. The normalized spacial score (nSPS) is 41.3. The Bertz CT molecular complexity index is 312. The van der Waals surface area contributed by atoms with E-state index < -0.39 is 0 Å². The van der Waals surface area contributed by atoms with Gasteiger partial charge in [-0.05, 0) is 88.5 Å². The number of hydrogen-bond donors (Lipinski definition) is 1. The summed E-state index contributed by atoms with van der Waals surface area (Å²) in [6, 6.07) is 0.653. The number of allylic oxidation sites excluding steroid dienone is 1. The zero-order valence-corrected chi connectivity index (χ0v) is 13.0. The molecule has 1 unspecified atom stereocenters. The van der Waals surface area contributed by atoms with Gasteiger partial charge in [0.2, 0.25) is 0 Å². The average Bonchev–Trinajstić information content (AvgIpc) is 2.33. The highest BCUT2D eigenvalue weighted by Gasteiger charge is 2.49. The number of nitrogens with one attached hydrogen (secondary N) is 1. The average molecular weight is 261 g/mol. The third-order valence-corrected chi connectivity index (χ3v) is 5.86. The Kier molecular flexibility index (Phi) is 4.03. The van der Waals surface area contributed by atoms with Gasteiger partial charge in [-0.2, -0.15) is 0 Å². The van der Waals surface area contributed by atoms with E-state index in [0.29, 0.717) is 6.04 Å². The Hall–Kier alpha value is -0.300. The fraction of sp³-hybridized carbons (Fsp3) is 0.889. The van der Waals surface area contributed by atoms with Gasteiger partial charge in [-0.25, -0.2) is 0 Å². The van der Waals surface area contributed by atoms with Gasteiger partial charge >= 0.3 is 0 Å². The second-order valence-electron chi connectivity index (χ2n) is 7.73. The van der Waals surface area contributed by atoms with Crippen LogP contribution in [0.3, 0.4) is 0 Å². The van der Waals surface area contributed by atoms with Crippen molar-refractivity contribution in [3.8, 4) is 0 Å². The maximum Gasteiger partial charge on any atom is 0.0286 e. The van der Waals surface area contributed by atoms with Crippen molar-refractivity contribution in [2.24, 2.45) is 29.6 Å². The summed E-state index contributed by atoms with van der Waals surface area (Å²) in [5.41, 5.74) is 1.49. The second kappa shape index (κ2) is 5.60. The lowest BCUT2D eigenvalue weighted by atomic mass is 9.50. The second-order valence-corrected chi connectivity index (χ2v) is 7.73. The summed E-state index contributed by atoms with van der Waals surface area (Å²) in [7, 11) is 0. The van der Waals surface area contributed by atoms with Crippen LogP contribution in [0.25, 0.3) is 0 Å². The van der Waals surface area contributed by atoms with Crippen molar-refractivity contribution < 1.29 is 0 Å². The first-order chi connectivity index (χ1) is 9.17. The molecule has 4 fully saturated rings. The third kappa shape index (κ3) is 2.77. The van der Waals surface area contributed by atoms with Crippen LogP contribution in [0.4, 0.5) is 0 Å². The SMILES string of the molecule is CCCNC(C=C(C)C)C1C2CC3CC(C2)CC1C3. The molecule has 4 aliphatic rings. The predicted molar refractivity (Wildman–Crippen MR) is 82.0 cm³/mol. The van der Waals surface area contributed by atoms with Crippen molar-refractivity contribution >= 4 is 0 Å². The maximum absolute atomic E-state index is 3.85. The van der Waals surface area contributed by atoms with Gasteiger partial charge in [0.1, 0.15) is 0 Å². The van der Waals surface area contributed by atoms with E-state index in [9.17, 15) is 0 Å². The molecule has 0 radical (unpaired) electrons. The molecule has 4 rings (SSSR count). The first-order valence-electron chi connectivity index (χ1n) is 8.55. The Morgan fingerprint density at radius 1 is 1.05 bits per heavy atom. The third-order valence-electron chi connectivity index (χ3n) is 5.86. The highest BCUT2D eigenvalue weighted by molar-refractivity contribution is 5.10. The van der Waals surface area contributed by atoms with E-state index in [1.165, 1.54) is 18.5 Å². The molecule has 0 aliphatic heterocycles. The summed E-state index contributed by atoms with van der Waals surface area (Å²) in [4.78, 5) is 0. The first kappa shape index (κ1) is 13.7. The van der Waals surface area contributed by atoms with Gasteiger partial charge in [0.25, 0.3) is 0 Å². The predicted octanol–water partition coefficient (Wildman–Crippen LogP) is 4.39. The molecule has 1 atom stereocenters. The minimum atomic E-state index is 0.653. The Labute approximate surface area is 119 Å². The van der Waals surface area contributed by atoms with Crippen LogP contribution in [0.2, 0.25) is 0 Å². The zero-order chi connectivity index (χ0) is 13.4. The highest BCUT2D eigenvalue weighted by atomic mass is 14.9. The summed E-state index contributed by atoms with van der Waals surface area (Å²) in [5, 5.41) is 3.85. The Morgan fingerprint density at radius 3 is 2.11 bits per heavy atom. The monoisotopic (exact) mass is 261 g/mol. The van der Waals surface area contributed by atoms with Crippen molar-refractivity contribution in [3.05, 3.63) is 11.6 Å². The molecule has 4 saturated carbocycles. The molecule has 1 N–H and O–H groups in total. The summed E-state index contributed by atoms with van der Waals surface area (Å²) < 4.78 is 0. The van der Waals surface area contributed by atoms with Crippen LogP contribution in [0.1, 0.15) is 59.3 Å². The van der Waals surface area contributed by atoms with Gasteiger partial charge in [-0.15, -0.1) is 0 Å². The van der Waals surface area contributed by atoms with E-state index in [1.807, 2.05) is 0 Å². The maximum atomic E-state index is 3.85. The molecule has 1 heteroatoms. The molecule has 0 aromatic carbocycles. The standard InChI is InChI=1S/C18H31N/c1-4-5-19-17(6-12(2)3)18-15-8-13-7-14(10-15)11-16(18)9-13/h6,13-19H,4-5,7-11H2,1-3H3. The fourth-order valence-corrected chi connectivity index (χ4v) is 5.53. The number of rotatable bonds is 5. The van der Waals surface area contributed by atoms with Crippen molar-refractivity contribution in [2.45, 2.75) is 65.3 Å². The van der Waals surface area contributed by atoms with Gasteiger partial charge in [0.15, 0.2) is 0 Å². The Morgan fingerprint density at radius 2 is 1.63 bits per heavy atom. The first-order valence-corrected chi connectivity index (χ1v) is 8.55. The molecule has 0 spiro atoms. The summed E-state index contributed by atoms with van der Waals surface area (Å²) >= 11 is 0. The fourth-order valence-electron chi connectivity index (χ4n) is 5.53. The Balaban J connectivity index is 1.76. The van der Waals surface area contributed by atoms with Crippen molar-refractivity contribution in [1.82, 2.24) is 5.32 Å². The van der Waals surface area contributed by atoms with Gasteiger partial charge in [0.05, 0.1) is 0 Å². The van der Waals surface area contributed by atoms with E-state index in [-0.39, 0.29) is 0 Å². The van der Waals surface area contributed by atoms with E-state index in [0.717, 1.165) is 29.6 Å². The smallest absolute Gasteiger partial charge is 0.0286 e. The van der Waals surface area contributed by atoms with Crippen LogP contribution in [0, 0.1) is 29.6 Å². The minimum absolute atomic E-state index is 0.653. The van der Waals surface area contributed by atoms with E-state index in [2.05, 4.69) is 32.2 Å². The largest absolute Gasteiger partial charge is 0.310 e. The summed E-state index contributed by atoms with van der Waals surface area (Å²) in [5.74, 6) is 5.19. The van der Waals surface area contributed by atoms with Crippen LogP contribution < -0.4 is 5.32 Å². The van der Waals surface area contributed by atoms with Crippen molar-refractivity contribution in [2.75, 3.05) is 6.54 Å². The topological polar surface area (TPSA) is 12.0 Å². The molecular formula is C18H31N. The molecule has 0 amide bonds. The van der Waals surface area contributed by atoms with E-state index in [4.69, 9.17) is 0 Å². The van der Waals surface area contributed by atoms with E-state index >= 15 is 0 Å². The molecular weight excluding hydrogens is 230 g/mol. The van der Waals surface area contributed by atoms with Crippen LogP contribution >= 0.6 is 0 Å². The molecule has 0 heterocycles. The molecule has 108 valence electrons. The summed E-state index contributed by atoms with van der Waals surface area (Å²) in [6.45, 7) is 7.98. The minimum Gasteiger partial charge on any atom is -0.310 e. The van der Waals surface area contributed by atoms with Crippen molar-refractivity contribution in [1.29, 1.82) is 0 Å². The van der Waals surface area contributed by atoms with E-state index in [1.54, 1.807) is 32.1 Å². The molecule has 1 nitrogen and oxygen atoms in total. The number of hydrogen-bond acceptors (Lipinski definition) is 1. The van der Waals surface area contributed by atoms with Crippen LogP contribution in [-0.2, 0) is 0 Å². The molecule has 0 saturated heterocycles. The van der Waals surface area contributed by atoms with Crippen LogP contribution in [-0.4, -0.2) is 12.6 Å². The van der Waals surface area contributed by atoms with Gasteiger partial charge in [-0.1, -0.05) is 18.6 Å². The van der Waals surface area contributed by atoms with Gasteiger partial charge in [0, 0.05) is 6.04 Å². The quantitative estimate of drug-likeness (QED) is 0.724. The molecule has 4 bridgehead atoms. The van der Waals surface area contributed by atoms with Crippen LogP contribution in [0.15, 0.2) is 11.6 Å². The molecule has 0 aromatic heterocycles. The summed E-state index contributed by atoms with van der Waals surface area (Å²) in [6.07, 6.45) is 11.5. The van der Waals surface area contributed by atoms with Crippen LogP contribution in [0.5, 0.6) is 0 Å². The molecule has 0 aromatic rings. The lowest BCUT2D eigenvalue weighted by Crippen LogP contribution is -2.52. The lowest BCUT2D eigenvalue weighted by molar-refractivity contribution is -0.0453. The molecule has 4 aliphatic carbocycles. The van der Waals surface area contributed by atoms with Gasteiger partial charge < -0.3 is 5.32 Å². The van der Waals surface area contributed by atoms with Gasteiger partial charge in [-0.3, -0.25) is 0 Å². The molecule has 19 heavy (non-hydrogen) atoms. The lowest BCUT2D eigenvalue weighted by Gasteiger charge is -2.56. The zero-order valence-electron chi connectivity index (χ0n) is 13.0.